The molecule has 0 aliphatic carbocycles. The van der Waals surface area contributed by atoms with Crippen molar-refractivity contribution >= 4 is 28.9 Å². The zero-order valence-electron chi connectivity index (χ0n) is 9.60. The second kappa shape index (κ2) is 4.91. The highest BCUT2D eigenvalue weighted by molar-refractivity contribution is 7.15. The van der Waals surface area contributed by atoms with E-state index >= 15 is 0 Å². The maximum Gasteiger partial charge on any atom is 0.356 e. The molecule has 0 atom stereocenters. The van der Waals surface area contributed by atoms with E-state index in [4.69, 9.17) is 21.4 Å². The highest BCUT2D eigenvalue weighted by atomic mass is 35.5. The van der Waals surface area contributed by atoms with Crippen molar-refractivity contribution in [1.29, 1.82) is 0 Å². The van der Waals surface area contributed by atoms with E-state index in [1.165, 1.54) is 24.6 Å². The number of pyridine rings is 1. The third-order valence-electron chi connectivity index (χ3n) is 2.23. The van der Waals surface area contributed by atoms with Crippen LogP contribution in [0.1, 0.15) is 15.5 Å². The van der Waals surface area contributed by atoms with Gasteiger partial charge in [-0.2, -0.15) is 0 Å². The van der Waals surface area contributed by atoms with Gasteiger partial charge < -0.3 is 9.84 Å². The van der Waals surface area contributed by atoms with Gasteiger partial charge in [0.05, 0.1) is 17.0 Å². The third-order valence-corrected chi connectivity index (χ3v) is 3.60. The summed E-state index contributed by atoms with van der Waals surface area (Å²) in [7, 11) is 1.45. The van der Waals surface area contributed by atoms with Crippen LogP contribution in [0.3, 0.4) is 0 Å². The summed E-state index contributed by atoms with van der Waals surface area (Å²) in [6.45, 7) is 1.74. The molecule has 0 aromatic carbocycles. The Bertz CT molecular complexity index is 612. The molecular formula is C11H9ClN2O3S. The van der Waals surface area contributed by atoms with Gasteiger partial charge in [0.15, 0.2) is 5.69 Å². The van der Waals surface area contributed by atoms with Crippen LogP contribution in [0.25, 0.3) is 10.4 Å². The summed E-state index contributed by atoms with van der Waals surface area (Å²) in [4.78, 5) is 19.6. The summed E-state index contributed by atoms with van der Waals surface area (Å²) in [5.41, 5.74) is 0.555. The van der Waals surface area contributed by atoms with E-state index < -0.39 is 5.97 Å². The van der Waals surface area contributed by atoms with Crippen LogP contribution in [0.2, 0.25) is 5.02 Å². The number of nitrogens with zero attached hydrogens (tertiary/aromatic N) is 2. The summed E-state index contributed by atoms with van der Waals surface area (Å²) in [5.74, 6) is -0.822. The molecule has 0 spiro atoms. The number of methoxy groups -OCH3 is 1. The Hall–Kier alpha value is -1.66. The van der Waals surface area contributed by atoms with Crippen LogP contribution in [0.5, 0.6) is 5.88 Å². The summed E-state index contributed by atoms with van der Waals surface area (Å²) in [5, 5.41) is 10.1. The van der Waals surface area contributed by atoms with Crippen LogP contribution >= 0.6 is 22.9 Å². The molecule has 0 aliphatic rings. The number of hydrogen-bond acceptors (Lipinski definition) is 5. The van der Waals surface area contributed by atoms with Crippen LogP contribution < -0.4 is 4.74 Å². The molecule has 2 heterocycles. The Morgan fingerprint density at radius 3 is 2.89 bits per heavy atom. The number of halogens is 1. The topological polar surface area (TPSA) is 72.3 Å². The number of aryl methyl sites for hydroxylation is 1. The minimum Gasteiger partial charge on any atom is -0.480 e. The van der Waals surface area contributed by atoms with E-state index in [9.17, 15) is 4.79 Å². The van der Waals surface area contributed by atoms with Crippen LogP contribution in [0.15, 0.2) is 12.3 Å². The van der Waals surface area contributed by atoms with Gasteiger partial charge >= 0.3 is 5.97 Å². The van der Waals surface area contributed by atoms with Gasteiger partial charge in [0, 0.05) is 11.8 Å². The summed E-state index contributed by atoms with van der Waals surface area (Å²) >= 11 is 7.40. The molecule has 18 heavy (non-hydrogen) atoms. The minimum atomic E-state index is -1.08. The molecular weight excluding hydrogens is 276 g/mol. The first-order valence-corrected chi connectivity index (χ1v) is 6.13. The van der Waals surface area contributed by atoms with Crippen molar-refractivity contribution < 1.29 is 14.6 Å². The van der Waals surface area contributed by atoms with E-state index in [0.29, 0.717) is 15.4 Å². The highest BCUT2D eigenvalue weighted by Gasteiger charge is 2.21. The molecule has 2 aromatic rings. The van der Waals surface area contributed by atoms with Crippen molar-refractivity contribution in [1.82, 2.24) is 9.97 Å². The van der Waals surface area contributed by atoms with Gasteiger partial charge in [-0.15, -0.1) is 11.3 Å². The molecule has 2 aromatic heterocycles. The number of carboxylic acids is 1. The molecule has 0 bridgehead atoms. The maximum atomic E-state index is 11.1. The molecule has 0 aliphatic heterocycles. The number of aromatic carboxylic acids is 1. The Kier molecular flexibility index (Phi) is 3.49. The molecule has 0 unspecified atom stereocenters. The molecule has 0 amide bonds. The summed E-state index contributed by atoms with van der Waals surface area (Å²) in [6.07, 6.45) is 1.51. The zero-order chi connectivity index (χ0) is 13.3. The Morgan fingerprint density at radius 1 is 1.56 bits per heavy atom. The number of rotatable bonds is 3. The summed E-state index contributed by atoms with van der Waals surface area (Å²) in [6, 6.07) is 1.64. The smallest absolute Gasteiger partial charge is 0.356 e. The van der Waals surface area contributed by atoms with Crippen molar-refractivity contribution in [2.75, 3.05) is 7.11 Å². The average Bonchev–Trinajstić information content (AvgIpc) is 2.71. The number of hydrogen-bond donors (Lipinski definition) is 1. The highest BCUT2D eigenvalue weighted by Crippen LogP contribution is 2.38. The Morgan fingerprint density at radius 2 is 2.28 bits per heavy atom. The van der Waals surface area contributed by atoms with Gasteiger partial charge in [-0.05, 0) is 13.0 Å². The second-order valence-corrected chi connectivity index (χ2v) is 4.98. The van der Waals surface area contributed by atoms with Crippen LogP contribution in [0, 0.1) is 6.92 Å². The lowest BCUT2D eigenvalue weighted by Crippen LogP contribution is -1.99. The first kappa shape index (κ1) is 12.8. The molecule has 5 nitrogen and oxygen atoms in total. The zero-order valence-corrected chi connectivity index (χ0v) is 11.2. The number of aromatic nitrogens is 2. The van der Waals surface area contributed by atoms with Crippen molar-refractivity contribution in [3.05, 3.63) is 28.0 Å². The molecule has 0 saturated heterocycles. The standard InChI is InChI=1S/C11H9ClN2O3S/c1-5-14-8(11(15)16)9(18-5)6-3-4-13-10(17-2)7(6)12/h3-4H,1-2H3,(H,15,16). The van der Waals surface area contributed by atoms with E-state index in [1.807, 2.05) is 0 Å². The van der Waals surface area contributed by atoms with E-state index in [2.05, 4.69) is 9.97 Å². The molecule has 1 N–H and O–H groups in total. The average molecular weight is 285 g/mol. The van der Waals surface area contributed by atoms with Gasteiger partial charge in [-0.25, -0.2) is 14.8 Å². The fourth-order valence-electron chi connectivity index (χ4n) is 1.50. The van der Waals surface area contributed by atoms with Crippen LogP contribution in [-0.4, -0.2) is 28.2 Å². The molecule has 0 radical (unpaired) electrons. The largest absolute Gasteiger partial charge is 0.480 e. The van der Waals surface area contributed by atoms with Gasteiger partial charge in [0.2, 0.25) is 5.88 Å². The molecule has 0 saturated carbocycles. The van der Waals surface area contributed by atoms with Crippen molar-refractivity contribution in [3.63, 3.8) is 0 Å². The predicted octanol–water partition coefficient (Wildman–Crippen LogP) is 2.87. The maximum absolute atomic E-state index is 11.1. The predicted molar refractivity (Wildman–Crippen MR) is 68.6 cm³/mol. The fraction of sp³-hybridized carbons (Fsp3) is 0.182. The van der Waals surface area contributed by atoms with Gasteiger partial charge in [-0.1, -0.05) is 11.6 Å². The number of thiazole rings is 1. The lowest BCUT2D eigenvalue weighted by Gasteiger charge is -2.06. The Labute approximate surface area is 112 Å². The second-order valence-electron chi connectivity index (χ2n) is 3.40. The molecule has 94 valence electrons. The molecule has 2 rings (SSSR count). The monoisotopic (exact) mass is 284 g/mol. The van der Waals surface area contributed by atoms with Crippen LogP contribution in [0.4, 0.5) is 0 Å². The number of carbonyl (C=O) groups is 1. The third kappa shape index (κ3) is 2.16. The van der Waals surface area contributed by atoms with Crippen LogP contribution in [-0.2, 0) is 0 Å². The lowest BCUT2D eigenvalue weighted by molar-refractivity contribution is 0.0692. The molecule has 7 heteroatoms. The first-order chi connectivity index (χ1) is 8.54. The van der Waals surface area contributed by atoms with Gasteiger partial charge in [-0.3, -0.25) is 0 Å². The SMILES string of the molecule is COc1nccc(-c2sc(C)nc2C(=O)O)c1Cl. The fourth-order valence-corrected chi connectivity index (χ4v) is 2.78. The van der Waals surface area contributed by atoms with E-state index in [0.717, 1.165) is 0 Å². The Balaban J connectivity index is 2.65. The number of carboxylic acid groups (broad SMARTS) is 1. The minimum absolute atomic E-state index is 0.00680. The van der Waals surface area contributed by atoms with Crippen molar-refractivity contribution in [2.45, 2.75) is 6.92 Å². The van der Waals surface area contributed by atoms with Gasteiger partial charge in [0.25, 0.3) is 0 Å². The molecule has 0 fully saturated rings. The van der Waals surface area contributed by atoms with Gasteiger partial charge in [0.1, 0.15) is 5.02 Å². The summed E-state index contributed by atoms with van der Waals surface area (Å²) < 4.78 is 5.01. The van der Waals surface area contributed by atoms with Crippen molar-refractivity contribution in [2.24, 2.45) is 0 Å². The van der Waals surface area contributed by atoms with Crippen molar-refractivity contribution in [3.8, 4) is 16.3 Å². The first-order valence-electron chi connectivity index (χ1n) is 4.94. The quantitative estimate of drug-likeness (QED) is 0.938. The van der Waals surface area contributed by atoms with E-state index in [-0.39, 0.29) is 16.6 Å². The number of ether oxygens (including phenoxy) is 1. The lowest BCUT2D eigenvalue weighted by atomic mass is 10.2. The normalized spacial score (nSPS) is 10.4. The van der Waals surface area contributed by atoms with E-state index in [1.54, 1.807) is 13.0 Å².